The van der Waals surface area contributed by atoms with E-state index < -0.39 is 5.91 Å². The van der Waals surface area contributed by atoms with Gasteiger partial charge in [-0.25, -0.2) is 0 Å². The van der Waals surface area contributed by atoms with Gasteiger partial charge in [-0.1, -0.05) is 12.1 Å². The Kier molecular flexibility index (Phi) is 3.85. The van der Waals surface area contributed by atoms with Gasteiger partial charge in [-0.3, -0.25) is 9.59 Å². The van der Waals surface area contributed by atoms with E-state index in [1.807, 2.05) is 25.1 Å². The molecule has 1 aromatic heterocycles. The molecule has 0 spiro atoms. The Morgan fingerprint density at radius 3 is 2.70 bits per heavy atom. The molecule has 5 nitrogen and oxygen atoms in total. The summed E-state index contributed by atoms with van der Waals surface area (Å²) in [6.07, 6.45) is 0. The Hall–Kier alpha value is -3.08. The SMILES string of the molecule is COc1ccc2oc(C(=O)Nc3cccc(C)c3)cc(=O)c2c1. The topological polar surface area (TPSA) is 68.5 Å². The molecule has 5 heteroatoms. The minimum absolute atomic E-state index is 0.0332. The third-order valence-electron chi connectivity index (χ3n) is 3.43. The van der Waals surface area contributed by atoms with Crippen molar-refractivity contribution in [3.8, 4) is 5.75 Å². The maximum absolute atomic E-state index is 12.3. The van der Waals surface area contributed by atoms with Crippen molar-refractivity contribution in [3.05, 3.63) is 70.1 Å². The summed E-state index contributed by atoms with van der Waals surface area (Å²) in [7, 11) is 1.52. The molecular formula is C18H15NO4. The zero-order chi connectivity index (χ0) is 16.4. The zero-order valence-corrected chi connectivity index (χ0v) is 12.8. The van der Waals surface area contributed by atoms with Crippen molar-refractivity contribution in [1.82, 2.24) is 0 Å². The molecule has 1 heterocycles. The summed E-state index contributed by atoms with van der Waals surface area (Å²) in [5.74, 6) is 0.0568. The lowest BCUT2D eigenvalue weighted by molar-refractivity contribution is 0.0997. The van der Waals surface area contributed by atoms with Gasteiger partial charge in [0.25, 0.3) is 5.91 Å². The molecule has 116 valence electrons. The van der Waals surface area contributed by atoms with Crippen molar-refractivity contribution in [2.24, 2.45) is 0 Å². The number of benzene rings is 2. The monoisotopic (exact) mass is 309 g/mol. The quantitative estimate of drug-likeness (QED) is 0.805. The Balaban J connectivity index is 1.96. The van der Waals surface area contributed by atoms with Gasteiger partial charge in [-0.2, -0.15) is 0 Å². The van der Waals surface area contributed by atoms with Gasteiger partial charge in [0.15, 0.2) is 11.2 Å². The predicted molar refractivity (Wildman–Crippen MR) is 88.2 cm³/mol. The molecule has 0 radical (unpaired) electrons. The average Bonchev–Trinajstić information content (AvgIpc) is 2.54. The van der Waals surface area contributed by atoms with Gasteiger partial charge in [0.05, 0.1) is 12.5 Å². The van der Waals surface area contributed by atoms with E-state index in [0.717, 1.165) is 5.56 Å². The summed E-state index contributed by atoms with van der Waals surface area (Å²) in [6.45, 7) is 1.93. The standard InChI is InChI=1S/C18H15NO4/c1-11-4-3-5-12(8-11)19-18(21)17-10-15(20)14-9-13(22-2)6-7-16(14)23-17/h3-10H,1-2H3,(H,19,21). The molecule has 3 aromatic rings. The van der Waals surface area contributed by atoms with Gasteiger partial charge in [-0.05, 0) is 42.8 Å². The van der Waals surface area contributed by atoms with Gasteiger partial charge >= 0.3 is 0 Å². The fourth-order valence-electron chi connectivity index (χ4n) is 2.29. The molecule has 0 atom stereocenters. The van der Waals surface area contributed by atoms with E-state index in [-0.39, 0.29) is 11.2 Å². The summed E-state index contributed by atoms with van der Waals surface area (Å²) in [4.78, 5) is 24.5. The fourth-order valence-corrected chi connectivity index (χ4v) is 2.29. The number of anilines is 1. The molecule has 0 saturated heterocycles. The van der Waals surface area contributed by atoms with E-state index in [9.17, 15) is 9.59 Å². The molecule has 0 aliphatic rings. The number of aryl methyl sites for hydroxylation is 1. The van der Waals surface area contributed by atoms with E-state index in [4.69, 9.17) is 9.15 Å². The van der Waals surface area contributed by atoms with Crippen LogP contribution in [0.3, 0.4) is 0 Å². The van der Waals surface area contributed by atoms with Crippen LogP contribution in [0.2, 0.25) is 0 Å². The number of hydrogen-bond donors (Lipinski definition) is 1. The third kappa shape index (κ3) is 3.08. The summed E-state index contributed by atoms with van der Waals surface area (Å²) in [6, 6.07) is 13.4. The molecule has 3 rings (SSSR count). The third-order valence-corrected chi connectivity index (χ3v) is 3.43. The second-order valence-corrected chi connectivity index (χ2v) is 5.16. The van der Waals surface area contributed by atoms with Crippen molar-refractivity contribution in [2.75, 3.05) is 12.4 Å². The highest BCUT2D eigenvalue weighted by Crippen LogP contribution is 2.19. The van der Waals surface area contributed by atoms with Crippen LogP contribution in [0.15, 0.2) is 57.7 Å². The first-order valence-corrected chi connectivity index (χ1v) is 7.07. The van der Waals surface area contributed by atoms with Crippen LogP contribution < -0.4 is 15.5 Å². The molecule has 0 fully saturated rings. The van der Waals surface area contributed by atoms with Crippen LogP contribution in [0.1, 0.15) is 16.1 Å². The number of nitrogens with one attached hydrogen (secondary N) is 1. The van der Waals surface area contributed by atoms with Crippen molar-refractivity contribution in [1.29, 1.82) is 0 Å². The molecule has 23 heavy (non-hydrogen) atoms. The Labute approximate surface area is 132 Å². The molecule has 0 unspecified atom stereocenters. The van der Waals surface area contributed by atoms with Crippen LogP contribution in [-0.2, 0) is 0 Å². The molecule has 0 saturated carbocycles. The second kappa shape index (κ2) is 5.96. The van der Waals surface area contributed by atoms with Gasteiger partial charge in [0.1, 0.15) is 11.3 Å². The molecule has 2 aromatic carbocycles. The van der Waals surface area contributed by atoms with E-state index in [0.29, 0.717) is 22.4 Å². The summed E-state index contributed by atoms with van der Waals surface area (Å²) in [5, 5.41) is 3.09. The number of hydrogen-bond acceptors (Lipinski definition) is 4. The van der Waals surface area contributed by atoms with Crippen LogP contribution in [0.4, 0.5) is 5.69 Å². The predicted octanol–water partition coefficient (Wildman–Crippen LogP) is 3.36. The molecule has 1 N–H and O–H groups in total. The highest BCUT2D eigenvalue weighted by molar-refractivity contribution is 6.03. The highest BCUT2D eigenvalue weighted by atomic mass is 16.5. The summed E-state index contributed by atoms with van der Waals surface area (Å²) < 4.78 is 10.6. The van der Waals surface area contributed by atoms with Gasteiger partial charge in [0.2, 0.25) is 0 Å². The highest BCUT2D eigenvalue weighted by Gasteiger charge is 2.13. The number of fused-ring (bicyclic) bond motifs is 1. The zero-order valence-electron chi connectivity index (χ0n) is 12.8. The fraction of sp³-hybridized carbons (Fsp3) is 0.111. The van der Waals surface area contributed by atoms with E-state index in [1.54, 1.807) is 24.3 Å². The van der Waals surface area contributed by atoms with E-state index in [2.05, 4.69) is 5.32 Å². The number of ether oxygens (including phenoxy) is 1. The maximum atomic E-state index is 12.3. The molecule has 0 aliphatic heterocycles. The molecule has 0 aliphatic carbocycles. The normalized spacial score (nSPS) is 10.5. The number of amides is 1. The van der Waals surface area contributed by atoms with Crippen LogP contribution in [-0.4, -0.2) is 13.0 Å². The Bertz CT molecular complexity index is 943. The van der Waals surface area contributed by atoms with Crippen molar-refractivity contribution in [3.63, 3.8) is 0 Å². The smallest absolute Gasteiger partial charge is 0.291 e. The minimum atomic E-state index is -0.467. The average molecular weight is 309 g/mol. The summed E-state index contributed by atoms with van der Waals surface area (Å²) >= 11 is 0. The van der Waals surface area contributed by atoms with Crippen LogP contribution in [0, 0.1) is 6.92 Å². The lowest BCUT2D eigenvalue weighted by Gasteiger charge is -2.07. The van der Waals surface area contributed by atoms with Crippen LogP contribution in [0.5, 0.6) is 5.75 Å². The molecule has 0 bridgehead atoms. The van der Waals surface area contributed by atoms with Crippen LogP contribution in [0.25, 0.3) is 11.0 Å². The first-order chi connectivity index (χ1) is 11.1. The Morgan fingerprint density at radius 2 is 1.96 bits per heavy atom. The van der Waals surface area contributed by atoms with Gasteiger partial charge < -0.3 is 14.5 Å². The first-order valence-electron chi connectivity index (χ1n) is 7.07. The minimum Gasteiger partial charge on any atom is -0.497 e. The number of carbonyl (C=O) groups excluding carboxylic acids is 1. The summed E-state index contributed by atoms with van der Waals surface area (Å²) in [5.41, 5.74) is 1.72. The van der Waals surface area contributed by atoms with Gasteiger partial charge in [0, 0.05) is 11.8 Å². The maximum Gasteiger partial charge on any atom is 0.291 e. The van der Waals surface area contributed by atoms with Crippen molar-refractivity contribution >= 4 is 22.6 Å². The van der Waals surface area contributed by atoms with Crippen LogP contribution >= 0.6 is 0 Å². The first kappa shape index (κ1) is 14.8. The largest absolute Gasteiger partial charge is 0.497 e. The molecular weight excluding hydrogens is 294 g/mol. The van der Waals surface area contributed by atoms with Crippen molar-refractivity contribution in [2.45, 2.75) is 6.92 Å². The lowest BCUT2D eigenvalue weighted by Crippen LogP contribution is -2.15. The van der Waals surface area contributed by atoms with Gasteiger partial charge in [-0.15, -0.1) is 0 Å². The number of carbonyl (C=O) groups is 1. The number of methoxy groups -OCH3 is 1. The Morgan fingerprint density at radius 1 is 1.13 bits per heavy atom. The van der Waals surface area contributed by atoms with Crippen molar-refractivity contribution < 1.29 is 13.9 Å². The lowest BCUT2D eigenvalue weighted by atomic mass is 10.2. The molecule has 1 amide bonds. The second-order valence-electron chi connectivity index (χ2n) is 5.16. The van der Waals surface area contributed by atoms with E-state index in [1.165, 1.54) is 13.2 Å². The van der Waals surface area contributed by atoms with E-state index >= 15 is 0 Å². The number of rotatable bonds is 3.